The molecule has 2 aromatic rings. The second-order valence-corrected chi connectivity index (χ2v) is 4.54. The lowest BCUT2D eigenvalue weighted by atomic mass is 9.77. The fourth-order valence-corrected chi connectivity index (χ4v) is 2.35. The van der Waals surface area contributed by atoms with Crippen LogP contribution in [0.4, 0.5) is 0 Å². The van der Waals surface area contributed by atoms with E-state index in [0.717, 1.165) is 0 Å². The van der Waals surface area contributed by atoms with Gasteiger partial charge in [-0.15, -0.1) is 0 Å². The van der Waals surface area contributed by atoms with E-state index in [-0.39, 0.29) is 6.04 Å². The van der Waals surface area contributed by atoms with Crippen LogP contribution < -0.4 is 5.73 Å². The van der Waals surface area contributed by atoms with Crippen molar-refractivity contribution in [2.75, 3.05) is 0 Å². The standard InChI is InChI=1S/C13H16N2/c14-13(9-2-1-3-9)11-4-5-12-10(8-11)6-7-15-12/h4-9,13,15H,1-3,14H2/t13-/m0/s1. The molecule has 1 aromatic heterocycles. The molecule has 1 heterocycles. The van der Waals surface area contributed by atoms with Crippen LogP contribution in [0, 0.1) is 5.92 Å². The minimum atomic E-state index is 0.234. The monoisotopic (exact) mass is 200 g/mol. The summed E-state index contributed by atoms with van der Waals surface area (Å²) in [5, 5.41) is 1.27. The number of aromatic nitrogens is 1. The highest BCUT2D eigenvalue weighted by molar-refractivity contribution is 5.80. The number of rotatable bonds is 2. The molecule has 1 aromatic carbocycles. The quantitative estimate of drug-likeness (QED) is 0.768. The molecular formula is C13H16N2. The van der Waals surface area contributed by atoms with Crippen molar-refractivity contribution in [1.82, 2.24) is 4.98 Å². The first-order valence-electron chi connectivity index (χ1n) is 5.67. The zero-order chi connectivity index (χ0) is 10.3. The zero-order valence-electron chi connectivity index (χ0n) is 8.74. The number of aromatic amines is 1. The third kappa shape index (κ3) is 1.45. The predicted octanol–water partition coefficient (Wildman–Crippen LogP) is 2.97. The Morgan fingerprint density at radius 1 is 1.27 bits per heavy atom. The van der Waals surface area contributed by atoms with Gasteiger partial charge in [-0.2, -0.15) is 0 Å². The number of hydrogen-bond acceptors (Lipinski definition) is 1. The van der Waals surface area contributed by atoms with E-state index >= 15 is 0 Å². The minimum absolute atomic E-state index is 0.234. The van der Waals surface area contributed by atoms with Crippen molar-refractivity contribution in [1.29, 1.82) is 0 Å². The summed E-state index contributed by atoms with van der Waals surface area (Å²) in [4.78, 5) is 3.20. The molecule has 0 saturated heterocycles. The summed E-state index contributed by atoms with van der Waals surface area (Å²) in [6.07, 6.45) is 5.92. The van der Waals surface area contributed by atoms with E-state index in [1.54, 1.807) is 0 Å². The molecular weight excluding hydrogens is 184 g/mol. The van der Waals surface area contributed by atoms with Crippen LogP contribution in [0.2, 0.25) is 0 Å². The van der Waals surface area contributed by atoms with Crippen LogP contribution in [0.1, 0.15) is 30.9 Å². The number of nitrogens with two attached hydrogens (primary N) is 1. The van der Waals surface area contributed by atoms with Gasteiger partial charge in [0, 0.05) is 17.8 Å². The van der Waals surface area contributed by atoms with Gasteiger partial charge in [-0.05, 0) is 47.9 Å². The van der Waals surface area contributed by atoms with Crippen LogP contribution in [-0.4, -0.2) is 4.98 Å². The molecule has 3 N–H and O–H groups in total. The molecule has 1 aliphatic rings. The third-order valence-corrected chi connectivity index (χ3v) is 3.62. The maximum Gasteiger partial charge on any atom is 0.0454 e. The number of hydrogen-bond donors (Lipinski definition) is 2. The summed E-state index contributed by atoms with van der Waals surface area (Å²) in [6.45, 7) is 0. The number of fused-ring (bicyclic) bond motifs is 1. The van der Waals surface area contributed by atoms with E-state index in [4.69, 9.17) is 5.73 Å². The Morgan fingerprint density at radius 3 is 2.87 bits per heavy atom. The van der Waals surface area contributed by atoms with Crippen LogP contribution in [-0.2, 0) is 0 Å². The normalized spacial score (nSPS) is 19.0. The Balaban J connectivity index is 1.95. The minimum Gasteiger partial charge on any atom is -0.361 e. The van der Waals surface area contributed by atoms with Crippen LogP contribution in [0.25, 0.3) is 10.9 Å². The molecule has 0 unspecified atom stereocenters. The molecule has 0 spiro atoms. The first kappa shape index (κ1) is 8.98. The molecule has 1 fully saturated rings. The molecule has 0 amide bonds. The first-order chi connectivity index (χ1) is 7.34. The summed E-state index contributed by atoms with van der Waals surface area (Å²) < 4.78 is 0. The van der Waals surface area contributed by atoms with Crippen LogP contribution in [0.15, 0.2) is 30.5 Å². The third-order valence-electron chi connectivity index (χ3n) is 3.62. The lowest BCUT2D eigenvalue weighted by molar-refractivity contribution is 0.264. The van der Waals surface area contributed by atoms with Gasteiger partial charge < -0.3 is 10.7 Å². The largest absolute Gasteiger partial charge is 0.361 e. The lowest BCUT2D eigenvalue weighted by Crippen LogP contribution is -2.26. The first-order valence-corrected chi connectivity index (χ1v) is 5.67. The van der Waals surface area contributed by atoms with Crippen molar-refractivity contribution >= 4 is 10.9 Å². The second-order valence-electron chi connectivity index (χ2n) is 4.54. The van der Waals surface area contributed by atoms with Crippen molar-refractivity contribution in [2.24, 2.45) is 11.7 Å². The Kier molecular flexibility index (Phi) is 2.03. The van der Waals surface area contributed by atoms with Crippen molar-refractivity contribution in [2.45, 2.75) is 25.3 Å². The predicted molar refractivity (Wildman–Crippen MR) is 62.6 cm³/mol. The smallest absolute Gasteiger partial charge is 0.0454 e. The van der Waals surface area contributed by atoms with Gasteiger partial charge in [0.1, 0.15) is 0 Å². The van der Waals surface area contributed by atoms with Crippen LogP contribution >= 0.6 is 0 Å². The molecule has 15 heavy (non-hydrogen) atoms. The van der Waals surface area contributed by atoms with E-state index in [2.05, 4.69) is 29.2 Å². The van der Waals surface area contributed by atoms with Crippen molar-refractivity contribution < 1.29 is 0 Å². The molecule has 0 aliphatic heterocycles. The topological polar surface area (TPSA) is 41.8 Å². The van der Waals surface area contributed by atoms with E-state index in [1.165, 1.54) is 35.7 Å². The lowest BCUT2D eigenvalue weighted by Gasteiger charge is -2.31. The second kappa shape index (κ2) is 3.38. The van der Waals surface area contributed by atoms with Crippen molar-refractivity contribution in [3.8, 4) is 0 Å². The van der Waals surface area contributed by atoms with Crippen LogP contribution in [0.5, 0.6) is 0 Å². The van der Waals surface area contributed by atoms with Gasteiger partial charge >= 0.3 is 0 Å². The van der Waals surface area contributed by atoms with Crippen molar-refractivity contribution in [3.63, 3.8) is 0 Å². The maximum atomic E-state index is 6.25. The summed E-state index contributed by atoms with van der Waals surface area (Å²) in [6, 6.07) is 8.84. The summed E-state index contributed by atoms with van der Waals surface area (Å²) >= 11 is 0. The SMILES string of the molecule is N[C@H](c1ccc2[nH]ccc2c1)C1CCC1. The summed E-state index contributed by atoms with van der Waals surface area (Å²) in [7, 11) is 0. The molecule has 1 atom stereocenters. The molecule has 0 bridgehead atoms. The molecule has 3 rings (SSSR count). The van der Waals surface area contributed by atoms with Gasteiger partial charge in [0.05, 0.1) is 0 Å². The summed E-state index contributed by atoms with van der Waals surface area (Å²) in [5.41, 5.74) is 8.73. The molecule has 2 heteroatoms. The molecule has 78 valence electrons. The van der Waals surface area contributed by atoms with E-state index in [9.17, 15) is 0 Å². The van der Waals surface area contributed by atoms with Crippen molar-refractivity contribution in [3.05, 3.63) is 36.0 Å². The Morgan fingerprint density at radius 2 is 2.13 bits per heavy atom. The average Bonchev–Trinajstić information content (AvgIpc) is 2.61. The van der Waals surface area contributed by atoms with Crippen LogP contribution in [0.3, 0.4) is 0 Å². The Labute approximate surface area is 89.5 Å². The van der Waals surface area contributed by atoms with Gasteiger partial charge in [0.15, 0.2) is 0 Å². The maximum absolute atomic E-state index is 6.25. The average molecular weight is 200 g/mol. The zero-order valence-corrected chi connectivity index (χ0v) is 8.74. The Bertz CT molecular complexity index is 468. The highest BCUT2D eigenvalue weighted by atomic mass is 14.7. The van der Waals surface area contributed by atoms with Gasteiger partial charge in [-0.3, -0.25) is 0 Å². The Hall–Kier alpha value is -1.28. The number of nitrogens with one attached hydrogen (secondary N) is 1. The highest BCUT2D eigenvalue weighted by Crippen LogP contribution is 2.36. The highest BCUT2D eigenvalue weighted by Gasteiger charge is 2.25. The number of benzene rings is 1. The van der Waals surface area contributed by atoms with E-state index < -0.39 is 0 Å². The van der Waals surface area contributed by atoms with Gasteiger partial charge in [0.25, 0.3) is 0 Å². The molecule has 1 aliphatic carbocycles. The fourth-order valence-electron chi connectivity index (χ4n) is 2.35. The van der Waals surface area contributed by atoms with Gasteiger partial charge in [0.2, 0.25) is 0 Å². The van der Waals surface area contributed by atoms with E-state index in [1.807, 2.05) is 6.20 Å². The molecule has 1 saturated carbocycles. The molecule has 0 radical (unpaired) electrons. The van der Waals surface area contributed by atoms with Gasteiger partial charge in [-0.1, -0.05) is 12.5 Å². The number of H-pyrrole nitrogens is 1. The van der Waals surface area contributed by atoms with Gasteiger partial charge in [-0.25, -0.2) is 0 Å². The summed E-state index contributed by atoms with van der Waals surface area (Å²) in [5.74, 6) is 0.710. The van der Waals surface area contributed by atoms with E-state index in [0.29, 0.717) is 5.92 Å². The fraction of sp³-hybridized carbons (Fsp3) is 0.385. The molecule has 2 nitrogen and oxygen atoms in total.